The number of H-pyrrole nitrogens is 1. The van der Waals surface area contributed by atoms with Gasteiger partial charge >= 0.3 is 0 Å². The van der Waals surface area contributed by atoms with Gasteiger partial charge in [0.1, 0.15) is 0 Å². The molecule has 3 aromatic carbocycles. The first-order chi connectivity index (χ1) is 15.3. The fourth-order valence-corrected chi connectivity index (χ4v) is 3.92. The van der Waals surface area contributed by atoms with E-state index in [0.29, 0.717) is 5.69 Å². The van der Waals surface area contributed by atoms with Gasteiger partial charge in [0.25, 0.3) is 0 Å². The van der Waals surface area contributed by atoms with E-state index >= 15 is 0 Å². The van der Waals surface area contributed by atoms with Crippen molar-refractivity contribution in [1.29, 1.82) is 0 Å². The number of aliphatic hydroxyl groups excluding tert-OH is 1. The predicted molar refractivity (Wildman–Crippen MR) is 128 cm³/mol. The zero-order valence-corrected chi connectivity index (χ0v) is 17.1. The number of rotatable bonds is 7. The molecule has 0 aliphatic carbocycles. The number of para-hydroxylation sites is 2. The molecule has 0 radical (unpaired) electrons. The standard InChI is InChI=1S/C26H24N4O/c31-17-21-15-26(23-6-2-4-8-25(23)30-21)29-20-11-9-19(10-12-20)27-14-13-18-16-28-24-7-3-1-5-22(18)24/h1-12,15-16,27-28,31H,13-14,17H2,(H,29,30). The summed E-state index contributed by atoms with van der Waals surface area (Å²) in [5, 5.41) is 18.8. The first-order valence-corrected chi connectivity index (χ1v) is 10.5. The molecule has 2 heterocycles. The van der Waals surface area contributed by atoms with Gasteiger partial charge in [0.15, 0.2) is 0 Å². The lowest BCUT2D eigenvalue weighted by Crippen LogP contribution is -2.04. The third-order valence-electron chi connectivity index (χ3n) is 5.49. The fourth-order valence-electron chi connectivity index (χ4n) is 3.92. The number of benzene rings is 3. The van der Waals surface area contributed by atoms with Crippen LogP contribution < -0.4 is 10.6 Å². The topological polar surface area (TPSA) is 73.0 Å². The van der Waals surface area contributed by atoms with Gasteiger partial charge in [0.05, 0.1) is 17.8 Å². The van der Waals surface area contributed by atoms with Crippen LogP contribution >= 0.6 is 0 Å². The van der Waals surface area contributed by atoms with Crippen molar-refractivity contribution in [2.75, 3.05) is 17.2 Å². The van der Waals surface area contributed by atoms with Gasteiger partial charge < -0.3 is 20.7 Å². The van der Waals surface area contributed by atoms with E-state index in [2.05, 4.69) is 75.3 Å². The van der Waals surface area contributed by atoms with Crippen molar-refractivity contribution in [3.63, 3.8) is 0 Å². The maximum Gasteiger partial charge on any atom is 0.0854 e. The highest BCUT2D eigenvalue weighted by atomic mass is 16.3. The lowest BCUT2D eigenvalue weighted by molar-refractivity contribution is 0.277. The summed E-state index contributed by atoms with van der Waals surface area (Å²) in [6, 6.07) is 26.5. The average molecular weight is 409 g/mol. The Labute approximate surface area is 180 Å². The van der Waals surface area contributed by atoms with Gasteiger partial charge in [0.2, 0.25) is 0 Å². The van der Waals surface area contributed by atoms with E-state index < -0.39 is 0 Å². The summed E-state index contributed by atoms with van der Waals surface area (Å²) in [6.45, 7) is 0.780. The van der Waals surface area contributed by atoms with Crippen LogP contribution in [0.25, 0.3) is 21.8 Å². The zero-order valence-electron chi connectivity index (χ0n) is 17.1. The Balaban J connectivity index is 1.26. The average Bonchev–Trinajstić information content (AvgIpc) is 3.23. The largest absolute Gasteiger partial charge is 0.390 e. The molecule has 0 unspecified atom stereocenters. The van der Waals surface area contributed by atoms with Gasteiger partial charge in [-0.2, -0.15) is 0 Å². The highest BCUT2D eigenvalue weighted by Gasteiger charge is 2.06. The molecular formula is C26H24N4O. The van der Waals surface area contributed by atoms with Gasteiger partial charge in [-0.3, -0.25) is 4.98 Å². The van der Waals surface area contributed by atoms with E-state index in [1.54, 1.807) is 0 Å². The number of anilines is 3. The monoisotopic (exact) mass is 408 g/mol. The van der Waals surface area contributed by atoms with Crippen molar-refractivity contribution < 1.29 is 5.11 Å². The number of aromatic amines is 1. The van der Waals surface area contributed by atoms with Crippen LogP contribution in [0.5, 0.6) is 0 Å². The highest BCUT2D eigenvalue weighted by molar-refractivity contribution is 5.93. The maximum atomic E-state index is 9.53. The Morgan fingerprint density at radius 3 is 2.42 bits per heavy atom. The SMILES string of the molecule is OCc1cc(Nc2ccc(NCCc3c[nH]c4ccccc34)cc2)c2ccccc2n1. The van der Waals surface area contributed by atoms with Crippen LogP contribution in [0.4, 0.5) is 17.1 Å². The molecule has 5 rings (SSSR count). The summed E-state index contributed by atoms with van der Waals surface area (Å²) in [6.07, 6.45) is 3.05. The van der Waals surface area contributed by atoms with E-state index in [4.69, 9.17) is 0 Å². The minimum absolute atomic E-state index is 0.0845. The van der Waals surface area contributed by atoms with Crippen molar-refractivity contribution in [3.8, 4) is 0 Å². The van der Waals surface area contributed by atoms with Gasteiger partial charge in [-0.1, -0.05) is 36.4 Å². The number of hydrogen-bond donors (Lipinski definition) is 4. The summed E-state index contributed by atoms with van der Waals surface area (Å²) in [5.74, 6) is 0. The van der Waals surface area contributed by atoms with Crippen molar-refractivity contribution in [2.45, 2.75) is 13.0 Å². The second-order valence-electron chi connectivity index (χ2n) is 7.58. The van der Waals surface area contributed by atoms with E-state index in [-0.39, 0.29) is 6.61 Å². The van der Waals surface area contributed by atoms with Crippen molar-refractivity contribution in [1.82, 2.24) is 9.97 Å². The van der Waals surface area contributed by atoms with Gasteiger partial charge in [0, 0.05) is 46.1 Å². The summed E-state index contributed by atoms with van der Waals surface area (Å²) < 4.78 is 0. The molecule has 4 N–H and O–H groups in total. The van der Waals surface area contributed by atoms with Crippen LogP contribution in [0.2, 0.25) is 0 Å². The van der Waals surface area contributed by atoms with Crippen LogP contribution in [0.3, 0.4) is 0 Å². The predicted octanol–water partition coefficient (Wildman–Crippen LogP) is 5.61. The van der Waals surface area contributed by atoms with Crippen LogP contribution in [-0.4, -0.2) is 21.6 Å². The number of aliphatic hydroxyl groups is 1. The summed E-state index contributed by atoms with van der Waals surface area (Å²) in [5.41, 5.74) is 7.04. The molecule has 0 bridgehead atoms. The van der Waals surface area contributed by atoms with Gasteiger partial charge in [-0.15, -0.1) is 0 Å². The number of aromatic nitrogens is 2. The summed E-state index contributed by atoms with van der Waals surface area (Å²) in [4.78, 5) is 7.81. The molecule has 0 spiro atoms. The van der Waals surface area contributed by atoms with Crippen molar-refractivity contribution in [2.24, 2.45) is 0 Å². The first-order valence-electron chi connectivity index (χ1n) is 10.5. The lowest BCUT2D eigenvalue weighted by atomic mass is 10.1. The van der Waals surface area contributed by atoms with E-state index in [1.165, 1.54) is 16.5 Å². The molecule has 5 heteroatoms. The van der Waals surface area contributed by atoms with E-state index in [9.17, 15) is 5.11 Å². The molecule has 5 aromatic rings. The summed E-state index contributed by atoms with van der Waals surface area (Å²) in [7, 11) is 0. The number of nitrogens with one attached hydrogen (secondary N) is 3. The number of fused-ring (bicyclic) bond motifs is 2. The molecule has 2 aromatic heterocycles. The quantitative estimate of drug-likeness (QED) is 0.283. The van der Waals surface area contributed by atoms with Crippen LogP contribution in [0, 0.1) is 0 Å². The Morgan fingerprint density at radius 1 is 0.839 bits per heavy atom. The Hall–Kier alpha value is -3.83. The van der Waals surface area contributed by atoms with E-state index in [1.807, 2.05) is 30.3 Å². The minimum Gasteiger partial charge on any atom is -0.390 e. The number of hydrogen-bond acceptors (Lipinski definition) is 4. The molecule has 0 amide bonds. The second-order valence-corrected chi connectivity index (χ2v) is 7.58. The molecule has 5 nitrogen and oxygen atoms in total. The number of nitrogens with zero attached hydrogens (tertiary/aromatic N) is 1. The molecule has 0 fully saturated rings. The summed E-state index contributed by atoms with van der Waals surface area (Å²) >= 11 is 0. The zero-order chi connectivity index (χ0) is 21.0. The fraction of sp³-hybridized carbons (Fsp3) is 0.115. The smallest absolute Gasteiger partial charge is 0.0854 e. The van der Waals surface area contributed by atoms with Crippen LogP contribution in [0.1, 0.15) is 11.3 Å². The Bertz CT molecular complexity index is 1320. The molecule has 31 heavy (non-hydrogen) atoms. The Morgan fingerprint density at radius 2 is 1.58 bits per heavy atom. The second kappa shape index (κ2) is 8.50. The van der Waals surface area contributed by atoms with Crippen molar-refractivity contribution >= 4 is 38.9 Å². The molecule has 0 aliphatic rings. The molecule has 0 atom stereocenters. The lowest BCUT2D eigenvalue weighted by Gasteiger charge is -2.12. The van der Waals surface area contributed by atoms with Crippen molar-refractivity contribution in [3.05, 3.63) is 96.3 Å². The van der Waals surface area contributed by atoms with Crippen LogP contribution in [-0.2, 0) is 13.0 Å². The highest BCUT2D eigenvalue weighted by Crippen LogP contribution is 2.27. The normalized spacial score (nSPS) is 11.1. The van der Waals surface area contributed by atoms with Gasteiger partial charge in [-0.25, -0.2) is 0 Å². The maximum absolute atomic E-state index is 9.53. The van der Waals surface area contributed by atoms with Crippen LogP contribution in [0.15, 0.2) is 85.1 Å². The first kappa shape index (κ1) is 19.2. The molecular weight excluding hydrogens is 384 g/mol. The third kappa shape index (κ3) is 4.09. The Kier molecular flexibility index (Phi) is 5.25. The third-order valence-corrected chi connectivity index (χ3v) is 5.49. The van der Waals surface area contributed by atoms with E-state index in [0.717, 1.165) is 40.9 Å². The molecule has 0 saturated heterocycles. The molecule has 154 valence electrons. The number of pyridine rings is 1. The minimum atomic E-state index is -0.0845. The van der Waals surface area contributed by atoms with Gasteiger partial charge in [-0.05, 0) is 54.4 Å². The molecule has 0 saturated carbocycles. The molecule has 0 aliphatic heterocycles.